The summed E-state index contributed by atoms with van der Waals surface area (Å²) in [7, 11) is 0. The Bertz CT molecular complexity index is 531. The molecule has 1 aromatic carbocycles. The molecule has 0 spiro atoms. The van der Waals surface area contributed by atoms with Crippen LogP contribution in [0, 0.1) is 0 Å². The fraction of sp³-hybridized carbons (Fsp3) is 0.455. The molecular formula is C11H5BrF10. The molecule has 0 unspecified atom stereocenters. The van der Waals surface area contributed by atoms with Gasteiger partial charge in [0.2, 0.25) is 0 Å². The van der Waals surface area contributed by atoms with Gasteiger partial charge < -0.3 is 0 Å². The molecule has 0 radical (unpaired) electrons. The van der Waals surface area contributed by atoms with Crippen LogP contribution in [-0.2, 0) is 11.6 Å². The van der Waals surface area contributed by atoms with E-state index < -0.39 is 46.2 Å². The third kappa shape index (κ3) is 3.18. The molecule has 0 amide bonds. The molecule has 0 saturated heterocycles. The minimum Gasteiger partial charge on any atom is -0.244 e. The van der Waals surface area contributed by atoms with Gasteiger partial charge in [0.05, 0.1) is 0 Å². The lowest BCUT2D eigenvalue weighted by molar-refractivity contribution is -0.348. The fourth-order valence-corrected chi connectivity index (χ4v) is 2.06. The maximum atomic E-state index is 13.8. The lowest BCUT2D eigenvalue weighted by Crippen LogP contribution is -2.50. The van der Waals surface area contributed by atoms with Gasteiger partial charge in [-0.1, -0.05) is 15.9 Å². The number of alkyl halides is 10. The number of hydrogen-bond donors (Lipinski definition) is 0. The molecule has 11 heteroatoms. The van der Waals surface area contributed by atoms with E-state index in [1.165, 1.54) is 0 Å². The third-order valence-corrected chi connectivity index (χ3v) is 3.12. The zero-order valence-corrected chi connectivity index (χ0v) is 11.7. The van der Waals surface area contributed by atoms with Crippen molar-refractivity contribution in [2.24, 2.45) is 0 Å². The third-order valence-electron chi connectivity index (χ3n) is 2.67. The molecule has 0 N–H and O–H groups in total. The van der Waals surface area contributed by atoms with Gasteiger partial charge in [0.1, 0.15) is 0 Å². The molecule has 0 atom stereocenters. The summed E-state index contributed by atoms with van der Waals surface area (Å²) >= 11 is 2.40. The minimum atomic E-state index is -6.45. The van der Waals surface area contributed by atoms with E-state index in [-0.39, 0.29) is 12.1 Å². The Balaban J connectivity index is 3.66. The maximum Gasteiger partial charge on any atom is 0.435 e. The molecule has 126 valence electrons. The summed E-state index contributed by atoms with van der Waals surface area (Å²) in [6.45, 7) is -2.37. The zero-order chi connectivity index (χ0) is 17.6. The van der Waals surface area contributed by atoms with Crippen LogP contribution in [0.2, 0.25) is 0 Å². The van der Waals surface area contributed by atoms with Gasteiger partial charge >= 0.3 is 23.9 Å². The van der Waals surface area contributed by atoms with Crippen LogP contribution in [0.1, 0.15) is 11.1 Å². The SMILES string of the molecule is FCC(F)(F)c1cc(Br)cc(C(F)(C(F)(F)F)C(F)(F)F)c1. The standard InChI is InChI=1S/C11H5BrF10/c12-7-2-5(8(14,15)4-13)1-6(3-7)9(16,10(17,18)19)11(20,21)22/h1-3H,4H2. The Hall–Kier alpha value is -1.00. The second-order valence-corrected chi connectivity index (χ2v) is 5.14. The van der Waals surface area contributed by atoms with Crippen LogP contribution in [0.15, 0.2) is 22.7 Å². The van der Waals surface area contributed by atoms with E-state index in [0.717, 1.165) is 0 Å². The average molecular weight is 407 g/mol. The second kappa shape index (κ2) is 5.57. The van der Waals surface area contributed by atoms with Crippen molar-refractivity contribution in [1.29, 1.82) is 0 Å². The quantitative estimate of drug-likeness (QED) is 0.556. The van der Waals surface area contributed by atoms with Crippen LogP contribution >= 0.6 is 15.9 Å². The molecule has 0 aliphatic rings. The van der Waals surface area contributed by atoms with Crippen molar-refractivity contribution in [2.75, 3.05) is 6.67 Å². The van der Waals surface area contributed by atoms with Crippen LogP contribution in [0.4, 0.5) is 43.9 Å². The van der Waals surface area contributed by atoms with Gasteiger partial charge in [-0.25, -0.2) is 8.78 Å². The summed E-state index contributed by atoms with van der Waals surface area (Å²) in [6, 6.07) is 0.0976. The molecule has 0 bridgehead atoms. The van der Waals surface area contributed by atoms with E-state index in [2.05, 4.69) is 15.9 Å². The maximum absolute atomic E-state index is 13.8. The molecule has 0 heterocycles. The van der Waals surface area contributed by atoms with E-state index in [4.69, 9.17) is 0 Å². The van der Waals surface area contributed by atoms with E-state index >= 15 is 0 Å². The molecule has 0 aliphatic carbocycles. The van der Waals surface area contributed by atoms with Gasteiger partial charge in [-0.2, -0.15) is 35.1 Å². The van der Waals surface area contributed by atoms with Crippen molar-refractivity contribution in [1.82, 2.24) is 0 Å². The lowest BCUT2D eigenvalue weighted by atomic mass is 9.91. The second-order valence-electron chi connectivity index (χ2n) is 4.22. The highest BCUT2D eigenvalue weighted by molar-refractivity contribution is 9.10. The molecular weight excluding hydrogens is 402 g/mol. The van der Waals surface area contributed by atoms with Crippen molar-refractivity contribution in [3.63, 3.8) is 0 Å². The number of halogens is 11. The Morgan fingerprint density at radius 1 is 0.727 bits per heavy atom. The first kappa shape index (κ1) is 19.0. The molecule has 1 rings (SSSR count). The van der Waals surface area contributed by atoms with Crippen molar-refractivity contribution >= 4 is 15.9 Å². The normalized spacial score (nSPS) is 14.3. The van der Waals surface area contributed by atoms with Crippen LogP contribution in [0.5, 0.6) is 0 Å². The summed E-state index contributed by atoms with van der Waals surface area (Å²) in [5.41, 5.74) is -9.51. The zero-order valence-electron chi connectivity index (χ0n) is 10.1. The van der Waals surface area contributed by atoms with Crippen LogP contribution in [0.25, 0.3) is 0 Å². The van der Waals surface area contributed by atoms with Gasteiger partial charge in [0.25, 0.3) is 0 Å². The van der Waals surface area contributed by atoms with Crippen LogP contribution in [-0.4, -0.2) is 19.0 Å². The van der Waals surface area contributed by atoms with Gasteiger partial charge in [-0.3, -0.25) is 0 Å². The summed E-state index contributed by atoms with van der Waals surface area (Å²) in [6.07, 6.45) is -12.9. The smallest absolute Gasteiger partial charge is 0.244 e. The number of benzene rings is 1. The molecule has 0 fully saturated rings. The van der Waals surface area contributed by atoms with Crippen molar-refractivity contribution in [3.8, 4) is 0 Å². The predicted molar refractivity (Wildman–Crippen MR) is 58.9 cm³/mol. The topological polar surface area (TPSA) is 0 Å². The van der Waals surface area contributed by atoms with Crippen molar-refractivity contribution < 1.29 is 43.9 Å². The Morgan fingerprint density at radius 3 is 1.50 bits per heavy atom. The first-order chi connectivity index (χ1) is 9.66. The predicted octanol–water partition coefficient (Wildman–Crippen LogP) is 5.80. The summed E-state index contributed by atoms with van der Waals surface area (Å²) < 4.78 is 127. The first-order valence-electron chi connectivity index (χ1n) is 5.24. The molecule has 1 aromatic rings. The summed E-state index contributed by atoms with van der Waals surface area (Å²) in [4.78, 5) is 0. The molecule has 0 saturated carbocycles. The molecule has 0 aromatic heterocycles. The van der Waals surface area contributed by atoms with E-state index in [1.807, 2.05) is 0 Å². The molecule has 0 aliphatic heterocycles. The van der Waals surface area contributed by atoms with Crippen LogP contribution < -0.4 is 0 Å². The Morgan fingerprint density at radius 2 is 1.14 bits per heavy atom. The first-order valence-corrected chi connectivity index (χ1v) is 6.04. The van der Waals surface area contributed by atoms with Crippen LogP contribution in [0.3, 0.4) is 0 Å². The van der Waals surface area contributed by atoms with E-state index in [0.29, 0.717) is 6.07 Å². The summed E-state index contributed by atoms with van der Waals surface area (Å²) in [5, 5.41) is 0. The van der Waals surface area contributed by atoms with Gasteiger partial charge in [-0.05, 0) is 18.2 Å². The Labute approximate surface area is 125 Å². The highest BCUT2D eigenvalue weighted by Gasteiger charge is 2.73. The molecule has 0 nitrogen and oxygen atoms in total. The van der Waals surface area contributed by atoms with Crippen molar-refractivity contribution in [2.45, 2.75) is 23.9 Å². The minimum absolute atomic E-state index is 0.0544. The average Bonchev–Trinajstić information content (AvgIpc) is 2.34. The fourth-order valence-electron chi connectivity index (χ4n) is 1.56. The van der Waals surface area contributed by atoms with Gasteiger partial charge in [0, 0.05) is 15.6 Å². The lowest BCUT2D eigenvalue weighted by Gasteiger charge is -2.31. The van der Waals surface area contributed by atoms with Crippen molar-refractivity contribution in [3.05, 3.63) is 33.8 Å². The summed E-state index contributed by atoms with van der Waals surface area (Å²) in [5.74, 6) is -4.36. The van der Waals surface area contributed by atoms with E-state index in [1.54, 1.807) is 0 Å². The largest absolute Gasteiger partial charge is 0.435 e. The number of rotatable bonds is 3. The highest BCUT2D eigenvalue weighted by atomic mass is 79.9. The Kier molecular flexibility index (Phi) is 4.82. The molecule has 22 heavy (non-hydrogen) atoms. The van der Waals surface area contributed by atoms with Gasteiger partial charge in [0.15, 0.2) is 6.67 Å². The monoisotopic (exact) mass is 406 g/mol. The van der Waals surface area contributed by atoms with E-state index in [9.17, 15) is 43.9 Å². The van der Waals surface area contributed by atoms with Gasteiger partial charge in [-0.15, -0.1) is 0 Å². The number of hydrogen-bond acceptors (Lipinski definition) is 0. The highest BCUT2D eigenvalue weighted by Crippen LogP contribution is 2.54.